The van der Waals surface area contributed by atoms with Gasteiger partial charge in [-0.2, -0.15) is 0 Å². The van der Waals surface area contributed by atoms with Gasteiger partial charge in [0.2, 0.25) is 5.91 Å². The first-order chi connectivity index (χ1) is 9.66. The van der Waals surface area contributed by atoms with Gasteiger partial charge in [0, 0.05) is 32.1 Å². The van der Waals surface area contributed by atoms with Crippen molar-refractivity contribution in [2.45, 2.75) is 19.4 Å². The van der Waals surface area contributed by atoms with Crippen molar-refractivity contribution < 1.29 is 4.79 Å². The molecule has 1 amide bonds. The van der Waals surface area contributed by atoms with Crippen LogP contribution in [0.25, 0.3) is 0 Å². The number of carbonyl (C=O) groups excluding carboxylic acids is 1. The smallest absolute Gasteiger partial charge is 0.243 e. The summed E-state index contributed by atoms with van der Waals surface area (Å²) >= 11 is 1.73. The maximum Gasteiger partial charge on any atom is 0.243 e. The third kappa shape index (κ3) is 4.23. The van der Waals surface area contributed by atoms with Crippen LogP contribution in [0.3, 0.4) is 0 Å². The van der Waals surface area contributed by atoms with Crippen LogP contribution in [0.2, 0.25) is 0 Å². The van der Waals surface area contributed by atoms with E-state index in [1.807, 2.05) is 6.07 Å². The summed E-state index contributed by atoms with van der Waals surface area (Å²) in [7, 11) is 3.51. The second-order valence-corrected chi connectivity index (χ2v) is 6.09. The minimum atomic E-state index is 0.0274. The summed E-state index contributed by atoms with van der Waals surface area (Å²) in [5.74, 6) is 0.880. The second kappa shape index (κ2) is 7.28. The van der Waals surface area contributed by atoms with E-state index in [9.17, 15) is 4.79 Å². The van der Waals surface area contributed by atoms with Crippen molar-refractivity contribution >= 4 is 23.2 Å². The minimum Gasteiger partial charge on any atom is -0.351 e. The van der Waals surface area contributed by atoms with Crippen molar-refractivity contribution in [1.29, 1.82) is 0 Å². The molecule has 0 saturated carbocycles. The fourth-order valence-electron chi connectivity index (χ4n) is 2.06. The monoisotopic (exact) mass is 294 g/mol. The van der Waals surface area contributed by atoms with Crippen LogP contribution in [-0.4, -0.2) is 55.4 Å². The number of likely N-dealkylation sites (N-methyl/N-ethyl adjacent to an activating group) is 1. The number of nitrogens with zero attached hydrogens (tertiary/aromatic N) is 3. The predicted octanol–water partition coefficient (Wildman–Crippen LogP) is 1.38. The van der Waals surface area contributed by atoms with Crippen LogP contribution in [0.1, 0.15) is 17.7 Å². The summed E-state index contributed by atoms with van der Waals surface area (Å²) in [6, 6.07) is 4.15. The van der Waals surface area contributed by atoms with Crippen molar-refractivity contribution in [3.63, 3.8) is 0 Å². The van der Waals surface area contributed by atoms with Gasteiger partial charge in [-0.1, -0.05) is 6.07 Å². The normalized spacial score (nSPS) is 15.5. The highest BCUT2D eigenvalue weighted by Gasteiger charge is 2.16. The molecule has 1 aliphatic rings. The maximum atomic E-state index is 11.7. The van der Waals surface area contributed by atoms with Crippen LogP contribution < -0.4 is 5.32 Å². The van der Waals surface area contributed by atoms with Crippen LogP contribution in [0.15, 0.2) is 22.5 Å². The fraction of sp³-hybridized carbons (Fsp3) is 0.571. The van der Waals surface area contributed by atoms with E-state index in [2.05, 4.69) is 26.7 Å². The van der Waals surface area contributed by atoms with Crippen LogP contribution in [0.5, 0.6) is 0 Å². The number of aliphatic imine (C=N–C) groups is 1. The largest absolute Gasteiger partial charge is 0.351 e. The van der Waals surface area contributed by atoms with Gasteiger partial charge in [-0.15, -0.1) is 11.3 Å². The quantitative estimate of drug-likeness (QED) is 0.674. The minimum absolute atomic E-state index is 0.0274. The van der Waals surface area contributed by atoms with Crippen molar-refractivity contribution in [2.75, 3.05) is 33.7 Å². The number of hydrogen-bond donors (Lipinski definition) is 1. The first-order valence-electron chi connectivity index (χ1n) is 6.92. The molecule has 0 unspecified atom stereocenters. The highest BCUT2D eigenvalue weighted by Crippen LogP contribution is 2.10. The van der Waals surface area contributed by atoms with Gasteiger partial charge in [-0.05, 0) is 24.3 Å². The molecule has 0 aliphatic carbocycles. The third-order valence-corrected chi connectivity index (χ3v) is 4.15. The number of amides is 1. The maximum absolute atomic E-state index is 11.7. The van der Waals surface area contributed by atoms with E-state index < -0.39 is 0 Å². The lowest BCUT2D eigenvalue weighted by Gasteiger charge is -2.21. The fourth-order valence-corrected chi connectivity index (χ4v) is 2.70. The summed E-state index contributed by atoms with van der Waals surface area (Å²) in [6.45, 7) is 3.01. The van der Waals surface area contributed by atoms with E-state index in [0.717, 1.165) is 25.6 Å². The molecule has 2 heterocycles. The van der Waals surface area contributed by atoms with Crippen LogP contribution >= 0.6 is 11.3 Å². The zero-order valence-corrected chi connectivity index (χ0v) is 12.9. The molecule has 0 radical (unpaired) electrons. The van der Waals surface area contributed by atoms with Gasteiger partial charge in [-0.3, -0.25) is 4.79 Å². The molecule has 1 aliphatic heterocycles. The highest BCUT2D eigenvalue weighted by atomic mass is 32.1. The SMILES string of the molecule is CN(C)C(=O)CN=C(NCc1cccs1)N1CCCC1. The van der Waals surface area contributed by atoms with E-state index in [1.54, 1.807) is 30.3 Å². The van der Waals surface area contributed by atoms with Gasteiger partial charge in [0.15, 0.2) is 5.96 Å². The molecule has 0 bridgehead atoms. The Kier molecular flexibility index (Phi) is 5.40. The molecule has 1 N–H and O–H groups in total. The number of likely N-dealkylation sites (tertiary alicyclic amines) is 1. The zero-order valence-electron chi connectivity index (χ0n) is 12.1. The molecule has 1 saturated heterocycles. The van der Waals surface area contributed by atoms with Crippen molar-refractivity contribution in [3.8, 4) is 0 Å². The Labute approximate surface area is 124 Å². The summed E-state index contributed by atoms with van der Waals surface area (Å²) in [5.41, 5.74) is 0. The molecule has 1 aromatic rings. The van der Waals surface area contributed by atoms with E-state index in [1.165, 1.54) is 17.7 Å². The Balaban J connectivity index is 1.96. The predicted molar refractivity (Wildman–Crippen MR) is 83.0 cm³/mol. The first kappa shape index (κ1) is 14.8. The molecule has 1 fully saturated rings. The number of carbonyl (C=O) groups is 1. The summed E-state index contributed by atoms with van der Waals surface area (Å²) < 4.78 is 0. The number of rotatable bonds is 4. The lowest BCUT2D eigenvalue weighted by molar-refractivity contribution is -0.127. The molecule has 0 spiro atoms. The van der Waals surface area contributed by atoms with Crippen LogP contribution in [0, 0.1) is 0 Å². The summed E-state index contributed by atoms with van der Waals surface area (Å²) in [4.78, 5) is 21.2. The Morgan fingerprint density at radius 3 is 2.80 bits per heavy atom. The molecule has 0 aromatic carbocycles. The molecule has 6 heteroatoms. The summed E-state index contributed by atoms with van der Waals surface area (Å²) in [5, 5.41) is 5.44. The van der Waals surface area contributed by atoms with Gasteiger partial charge in [-0.25, -0.2) is 4.99 Å². The lowest BCUT2D eigenvalue weighted by atomic mass is 10.4. The average molecular weight is 294 g/mol. The third-order valence-electron chi connectivity index (χ3n) is 3.27. The molecular weight excluding hydrogens is 272 g/mol. The Morgan fingerprint density at radius 1 is 1.45 bits per heavy atom. The molecule has 1 aromatic heterocycles. The van der Waals surface area contributed by atoms with E-state index >= 15 is 0 Å². The molecular formula is C14H22N4OS. The molecule has 2 rings (SSSR count). The van der Waals surface area contributed by atoms with Crippen molar-refractivity contribution in [2.24, 2.45) is 4.99 Å². The standard InChI is InChI=1S/C14H22N4OS/c1-17(2)13(19)11-16-14(18-7-3-4-8-18)15-10-12-6-5-9-20-12/h5-6,9H,3-4,7-8,10-11H2,1-2H3,(H,15,16). The summed E-state index contributed by atoms with van der Waals surface area (Å²) in [6.07, 6.45) is 2.39. The van der Waals surface area contributed by atoms with Gasteiger partial charge in [0.25, 0.3) is 0 Å². The van der Waals surface area contributed by atoms with Gasteiger partial charge in [0.05, 0.1) is 6.54 Å². The topological polar surface area (TPSA) is 47.9 Å². The van der Waals surface area contributed by atoms with Crippen LogP contribution in [-0.2, 0) is 11.3 Å². The van der Waals surface area contributed by atoms with Gasteiger partial charge in [0.1, 0.15) is 6.54 Å². The number of thiophene rings is 1. The molecule has 5 nitrogen and oxygen atoms in total. The molecule has 0 atom stereocenters. The Morgan fingerprint density at radius 2 is 2.20 bits per heavy atom. The number of guanidine groups is 1. The van der Waals surface area contributed by atoms with Crippen molar-refractivity contribution in [3.05, 3.63) is 22.4 Å². The second-order valence-electron chi connectivity index (χ2n) is 5.06. The number of hydrogen-bond acceptors (Lipinski definition) is 3. The van der Waals surface area contributed by atoms with E-state index in [-0.39, 0.29) is 12.5 Å². The lowest BCUT2D eigenvalue weighted by Crippen LogP contribution is -2.40. The zero-order chi connectivity index (χ0) is 14.4. The molecule has 20 heavy (non-hydrogen) atoms. The highest BCUT2D eigenvalue weighted by molar-refractivity contribution is 7.09. The number of nitrogens with one attached hydrogen (secondary N) is 1. The van der Waals surface area contributed by atoms with Gasteiger partial charge >= 0.3 is 0 Å². The first-order valence-corrected chi connectivity index (χ1v) is 7.80. The van der Waals surface area contributed by atoms with Gasteiger partial charge < -0.3 is 15.1 Å². The van der Waals surface area contributed by atoms with Crippen molar-refractivity contribution in [1.82, 2.24) is 15.1 Å². The van der Waals surface area contributed by atoms with Crippen LogP contribution in [0.4, 0.5) is 0 Å². The Hall–Kier alpha value is -1.56. The van der Waals surface area contributed by atoms with E-state index in [0.29, 0.717) is 0 Å². The average Bonchev–Trinajstić information content (AvgIpc) is 3.11. The Bertz CT molecular complexity index is 450. The van der Waals surface area contributed by atoms with E-state index in [4.69, 9.17) is 0 Å². The molecule has 110 valence electrons.